The van der Waals surface area contributed by atoms with Gasteiger partial charge in [-0.2, -0.15) is 5.10 Å². The lowest BCUT2D eigenvalue weighted by atomic mass is 10.2. The zero-order chi connectivity index (χ0) is 22.8. The Morgan fingerprint density at radius 1 is 0.939 bits per heavy atom. The molecule has 5 rings (SSSR count). The van der Waals surface area contributed by atoms with Crippen molar-refractivity contribution in [2.45, 2.75) is 6.92 Å². The Morgan fingerprint density at radius 2 is 1.73 bits per heavy atom. The van der Waals surface area contributed by atoms with Gasteiger partial charge in [-0.25, -0.2) is 19.0 Å². The van der Waals surface area contributed by atoms with Crippen molar-refractivity contribution < 1.29 is 9.13 Å². The van der Waals surface area contributed by atoms with E-state index < -0.39 is 0 Å². The molecule has 0 atom stereocenters. The molecule has 2 aromatic carbocycles. The lowest BCUT2D eigenvalue weighted by molar-refractivity contribution is 0.413. The molecule has 1 fully saturated rings. The highest BCUT2D eigenvalue weighted by Gasteiger charge is 2.22. The third kappa shape index (κ3) is 4.24. The van der Waals surface area contributed by atoms with Crippen LogP contribution in [0.15, 0.2) is 67.0 Å². The monoisotopic (exact) mass is 444 g/mol. The van der Waals surface area contributed by atoms with Crippen molar-refractivity contribution in [1.29, 1.82) is 0 Å². The molecule has 0 bridgehead atoms. The van der Waals surface area contributed by atoms with Gasteiger partial charge in [0.05, 0.1) is 29.9 Å². The number of aromatic nitrogens is 4. The highest BCUT2D eigenvalue weighted by molar-refractivity contribution is 5.63. The van der Waals surface area contributed by atoms with E-state index in [-0.39, 0.29) is 5.82 Å². The van der Waals surface area contributed by atoms with Crippen LogP contribution < -0.4 is 14.5 Å². The smallest absolute Gasteiger partial charge is 0.225 e. The van der Waals surface area contributed by atoms with Crippen molar-refractivity contribution in [2.75, 3.05) is 43.1 Å². The number of piperazine rings is 1. The summed E-state index contributed by atoms with van der Waals surface area (Å²) in [6.07, 6.45) is 3.67. The minimum absolute atomic E-state index is 0.293. The number of anilines is 2. The van der Waals surface area contributed by atoms with E-state index in [4.69, 9.17) is 9.72 Å². The van der Waals surface area contributed by atoms with Crippen molar-refractivity contribution in [1.82, 2.24) is 19.7 Å². The van der Waals surface area contributed by atoms with Gasteiger partial charge in [-0.15, -0.1) is 0 Å². The Morgan fingerprint density at radius 3 is 2.52 bits per heavy atom. The predicted octanol–water partition coefficient (Wildman–Crippen LogP) is 4.11. The van der Waals surface area contributed by atoms with Gasteiger partial charge in [0, 0.05) is 44.1 Å². The fourth-order valence-corrected chi connectivity index (χ4v) is 4.15. The molecule has 0 spiro atoms. The first kappa shape index (κ1) is 20.9. The van der Waals surface area contributed by atoms with Gasteiger partial charge < -0.3 is 14.5 Å². The number of rotatable bonds is 5. The van der Waals surface area contributed by atoms with E-state index in [1.807, 2.05) is 43.5 Å². The molecule has 0 N–H and O–H groups in total. The van der Waals surface area contributed by atoms with E-state index >= 15 is 0 Å². The van der Waals surface area contributed by atoms with Crippen LogP contribution in [0, 0.1) is 12.7 Å². The van der Waals surface area contributed by atoms with Gasteiger partial charge in [0.2, 0.25) is 5.95 Å². The number of methoxy groups -OCH3 is 1. The van der Waals surface area contributed by atoms with Crippen LogP contribution in [0.2, 0.25) is 0 Å². The van der Waals surface area contributed by atoms with Crippen LogP contribution in [-0.2, 0) is 0 Å². The van der Waals surface area contributed by atoms with Gasteiger partial charge >= 0.3 is 0 Å². The first-order chi connectivity index (χ1) is 16.1. The fraction of sp³-hybridized carbons (Fsp3) is 0.240. The molecule has 0 amide bonds. The highest BCUT2D eigenvalue weighted by Crippen LogP contribution is 2.29. The molecule has 3 heterocycles. The molecule has 0 saturated carbocycles. The molecule has 8 heteroatoms. The lowest BCUT2D eigenvalue weighted by Gasteiger charge is -2.36. The minimum atomic E-state index is -0.293. The van der Waals surface area contributed by atoms with Crippen LogP contribution >= 0.6 is 0 Å². The summed E-state index contributed by atoms with van der Waals surface area (Å²) in [5.41, 5.74) is 4.30. The summed E-state index contributed by atoms with van der Waals surface area (Å²) in [6.45, 7) is 5.25. The second-order valence-electron chi connectivity index (χ2n) is 7.94. The SMILES string of the molecule is COc1ccccc1N1CCN(c2nccc(-c3cn(-c4cccc(F)c4)nc3C)n2)CC1. The summed E-state index contributed by atoms with van der Waals surface area (Å²) in [6, 6.07) is 16.4. The number of ether oxygens (including phenoxy) is 1. The molecule has 7 nitrogen and oxygen atoms in total. The second kappa shape index (κ2) is 8.90. The molecule has 1 aliphatic rings. The van der Waals surface area contributed by atoms with E-state index in [1.165, 1.54) is 12.1 Å². The number of nitrogens with zero attached hydrogens (tertiary/aromatic N) is 6. The largest absolute Gasteiger partial charge is 0.495 e. The Bertz CT molecular complexity index is 1270. The summed E-state index contributed by atoms with van der Waals surface area (Å²) in [4.78, 5) is 13.9. The molecular formula is C25H25FN6O. The number of benzene rings is 2. The Hall–Kier alpha value is -3.94. The van der Waals surface area contributed by atoms with Crippen molar-refractivity contribution >= 4 is 11.6 Å². The van der Waals surface area contributed by atoms with Crippen LogP contribution in [0.4, 0.5) is 16.0 Å². The van der Waals surface area contributed by atoms with Crippen LogP contribution in [0.3, 0.4) is 0 Å². The molecule has 33 heavy (non-hydrogen) atoms. The van der Waals surface area contributed by atoms with Crippen LogP contribution in [0.25, 0.3) is 16.9 Å². The molecule has 0 radical (unpaired) electrons. The molecule has 2 aromatic heterocycles. The molecule has 4 aromatic rings. The Balaban J connectivity index is 1.34. The zero-order valence-corrected chi connectivity index (χ0v) is 18.6. The van der Waals surface area contributed by atoms with Crippen molar-refractivity contribution in [3.8, 4) is 22.7 Å². The van der Waals surface area contributed by atoms with Gasteiger partial charge in [0.15, 0.2) is 0 Å². The first-order valence-electron chi connectivity index (χ1n) is 10.9. The van der Waals surface area contributed by atoms with Gasteiger partial charge in [0.1, 0.15) is 11.6 Å². The third-order valence-electron chi connectivity index (χ3n) is 5.88. The van der Waals surface area contributed by atoms with E-state index in [0.717, 1.165) is 54.6 Å². The van der Waals surface area contributed by atoms with Crippen LogP contribution in [0.1, 0.15) is 5.69 Å². The average molecular weight is 445 g/mol. The topological polar surface area (TPSA) is 59.3 Å². The summed E-state index contributed by atoms with van der Waals surface area (Å²) in [7, 11) is 1.70. The molecule has 1 saturated heterocycles. The second-order valence-corrected chi connectivity index (χ2v) is 7.94. The highest BCUT2D eigenvalue weighted by atomic mass is 19.1. The van der Waals surface area contributed by atoms with E-state index in [0.29, 0.717) is 11.6 Å². The Kier molecular flexibility index (Phi) is 5.64. The summed E-state index contributed by atoms with van der Waals surface area (Å²) >= 11 is 0. The lowest BCUT2D eigenvalue weighted by Crippen LogP contribution is -2.47. The number of aryl methyl sites for hydroxylation is 1. The number of para-hydroxylation sites is 2. The molecule has 0 aliphatic carbocycles. The van der Waals surface area contributed by atoms with Gasteiger partial charge in [0.25, 0.3) is 0 Å². The maximum Gasteiger partial charge on any atom is 0.225 e. The van der Waals surface area contributed by atoms with Crippen LogP contribution in [-0.4, -0.2) is 53.0 Å². The fourth-order valence-electron chi connectivity index (χ4n) is 4.15. The maximum absolute atomic E-state index is 13.6. The average Bonchev–Trinajstić information content (AvgIpc) is 3.26. The molecular weight excluding hydrogens is 419 g/mol. The van der Waals surface area contributed by atoms with E-state index in [1.54, 1.807) is 24.1 Å². The van der Waals surface area contributed by atoms with Crippen molar-refractivity contribution in [3.63, 3.8) is 0 Å². The number of hydrogen-bond acceptors (Lipinski definition) is 6. The zero-order valence-electron chi connectivity index (χ0n) is 18.6. The van der Waals surface area contributed by atoms with E-state index in [2.05, 4.69) is 25.9 Å². The normalized spacial score (nSPS) is 13.9. The molecule has 0 unspecified atom stereocenters. The summed E-state index contributed by atoms with van der Waals surface area (Å²) in [5.74, 6) is 1.29. The standard InChI is InChI=1S/C25H25FN6O/c1-18-21(17-32(29-18)20-7-5-6-19(26)16-20)22-10-11-27-25(28-22)31-14-12-30(13-15-31)23-8-3-4-9-24(23)33-2/h3-11,16-17H,12-15H2,1-2H3. The quantitative estimate of drug-likeness (QED) is 0.462. The number of halogens is 1. The number of hydrogen-bond donors (Lipinski definition) is 0. The predicted molar refractivity (Wildman–Crippen MR) is 127 cm³/mol. The van der Waals surface area contributed by atoms with Gasteiger partial charge in [-0.05, 0) is 43.3 Å². The molecule has 1 aliphatic heterocycles. The van der Waals surface area contributed by atoms with Gasteiger partial charge in [-0.3, -0.25) is 0 Å². The van der Waals surface area contributed by atoms with Crippen LogP contribution in [0.5, 0.6) is 5.75 Å². The Labute approximate surface area is 192 Å². The van der Waals surface area contributed by atoms with Crippen molar-refractivity contribution in [3.05, 3.63) is 78.5 Å². The maximum atomic E-state index is 13.6. The minimum Gasteiger partial charge on any atom is -0.495 e. The first-order valence-corrected chi connectivity index (χ1v) is 10.9. The third-order valence-corrected chi connectivity index (χ3v) is 5.88. The van der Waals surface area contributed by atoms with Gasteiger partial charge in [-0.1, -0.05) is 18.2 Å². The summed E-state index contributed by atoms with van der Waals surface area (Å²) in [5, 5.41) is 4.56. The summed E-state index contributed by atoms with van der Waals surface area (Å²) < 4.78 is 20.8. The van der Waals surface area contributed by atoms with E-state index in [9.17, 15) is 4.39 Å². The van der Waals surface area contributed by atoms with Crippen molar-refractivity contribution in [2.24, 2.45) is 0 Å². The molecule has 168 valence electrons.